The van der Waals surface area contributed by atoms with E-state index in [2.05, 4.69) is 21.3 Å². The second kappa shape index (κ2) is 13.7. The predicted molar refractivity (Wildman–Crippen MR) is 190 cm³/mol. The van der Waals surface area contributed by atoms with Crippen LogP contribution in [-0.2, 0) is 20.8 Å². The highest BCUT2D eigenvalue weighted by atomic mass is 16.6. The Morgan fingerprint density at radius 1 is 0.837 bits per heavy atom. The molecule has 0 atom stereocenters. The van der Waals surface area contributed by atoms with Crippen molar-refractivity contribution in [1.82, 2.24) is 15.2 Å². The van der Waals surface area contributed by atoms with Gasteiger partial charge in [0.25, 0.3) is 0 Å². The first-order valence-corrected chi connectivity index (χ1v) is 16.7. The number of aromatic nitrogens is 1. The number of hydrogen-bond acceptors (Lipinski definition) is 9. The van der Waals surface area contributed by atoms with E-state index in [1.165, 1.54) is 0 Å². The molecule has 11 nitrogen and oxygen atoms in total. The van der Waals surface area contributed by atoms with E-state index in [0.717, 1.165) is 52.7 Å². The molecule has 0 aliphatic carbocycles. The molecular formula is C38H48N4O7. The number of carbonyl (C=O) groups is 3. The lowest BCUT2D eigenvalue weighted by Crippen LogP contribution is -2.45. The van der Waals surface area contributed by atoms with Crippen molar-refractivity contribution in [2.24, 2.45) is 0 Å². The van der Waals surface area contributed by atoms with Crippen molar-refractivity contribution < 1.29 is 33.0 Å². The number of furan rings is 1. The SMILES string of the molecule is CC(C)(C)OC(=O)NC1CCN(Cc2ccc3c(N(C(=O)OC(C)(C)C)C(=O)OC(C)(C)C)ncc(-c4cc5ccccc5o4)c3c2)CC1. The molecule has 1 fully saturated rings. The third-order valence-corrected chi connectivity index (χ3v) is 7.70. The molecule has 262 valence electrons. The van der Waals surface area contributed by atoms with Crippen LogP contribution >= 0.6 is 0 Å². The van der Waals surface area contributed by atoms with E-state index in [1.807, 2.05) is 63.2 Å². The molecule has 1 aliphatic rings. The summed E-state index contributed by atoms with van der Waals surface area (Å²) in [7, 11) is 0. The number of carbonyl (C=O) groups excluding carboxylic acids is 3. The summed E-state index contributed by atoms with van der Waals surface area (Å²) in [5.41, 5.74) is 0.188. The Morgan fingerprint density at radius 2 is 1.45 bits per heavy atom. The Hall–Kier alpha value is -4.64. The van der Waals surface area contributed by atoms with Crippen LogP contribution in [0, 0.1) is 0 Å². The third kappa shape index (κ3) is 9.29. The number of rotatable bonds is 5. The minimum atomic E-state index is -0.890. The molecule has 3 heterocycles. The third-order valence-electron chi connectivity index (χ3n) is 7.70. The Morgan fingerprint density at radius 3 is 2.04 bits per heavy atom. The van der Waals surface area contributed by atoms with Gasteiger partial charge in [-0.1, -0.05) is 30.3 Å². The van der Waals surface area contributed by atoms with Gasteiger partial charge in [0.1, 0.15) is 28.1 Å². The largest absolute Gasteiger partial charge is 0.456 e. The monoisotopic (exact) mass is 672 g/mol. The summed E-state index contributed by atoms with van der Waals surface area (Å²) in [6, 6.07) is 15.7. The normalized spacial score (nSPS) is 14.9. The molecule has 1 N–H and O–H groups in total. The molecule has 2 aromatic carbocycles. The number of amides is 3. The number of anilines is 1. The zero-order valence-corrected chi connectivity index (χ0v) is 30.0. The second-order valence-electron chi connectivity index (χ2n) is 15.5. The van der Waals surface area contributed by atoms with Crippen LogP contribution in [0.5, 0.6) is 0 Å². The van der Waals surface area contributed by atoms with Gasteiger partial charge in [0, 0.05) is 48.2 Å². The van der Waals surface area contributed by atoms with Crippen LogP contribution in [-0.4, -0.2) is 64.1 Å². The number of para-hydroxylation sites is 1. The standard InChI is InChI=1S/C38H48N4O7/c1-36(2,3)47-33(43)40-26-16-18-41(19-17-26)23-24-14-15-27-28(20-24)29(31-21-25-12-10-11-13-30(25)46-31)22-39-32(27)42(34(44)48-37(4,5)6)35(45)49-38(7,8)9/h10-15,20-22,26H,16-19,23H2,1-9H3,(H,40,43). The molecule has 1 aliphatic heterocycles. The molecule has 49 heavy (non-hydrogen) atoms. The minimum Gasteiger partial charge on any atom is -0.456 e. The van der Waals surface area contributed by atoms with Gasteiger partial charge in [-0.25, -0.2) is 19.4 Å². The number of nitrogens with one attached hydrogen (secondary N) is 1. The van der Waals surface area contributed by atoms with Crippen LogP contribution in [0.15, 0.2) is 59.1 Å². The fourth-order valence-corrected chi connectivity index (χ4v) is 5.69. The maximum atomic E-state index is 13.6. The quantitative estimate of drug-likeness (QED) is 0.207. The second-order valence-corrected chi connectivity index (χ2v) is 15.5. The lowest BCUT2D eigenvalue weighted by molar-refractivity contribution is 0.0424. The average Bonchev–Trinajstić information content (AvgIpc) is 3.39. The number of fused-ring (bicyclic) bond motifs is 2. The average molecular weight is 673 g/mol. The summed E-state index contributed by atoms with van der Waals surface area (Å²) in [4.78, 5) is 47.4. The van der Waals surface area contributed by atoms with E-state index >= 15 is 0 Å². The van der Waals surface area contributed by atoms with Crippen LogP contribution in [0.4, 0.5) is 20.2 Å². The molecule has 0 spiro atoms. The van der Waals surface area contributed by atoms with Gasteiger partial charge in [0.2, 0.25) is 0 Å². The fraction of sp³-hybridized carbons (Fsp3) is 0.474. The first-order chi connectivity index (χ1) is 22.8. The molecular weight excluding hydrogens is 624 g/mol. The highest BCUT2D eigenvalue weighted by Gasteiger charge is 2.35. The van der Waals surface area contributed by atoms with Crippen molar-refractivity contribution in [3.8, 4) is 11.3 Å². The highest BCUT2D eigenvalue weighted by Crippen LogP contribution is 2.37. The zero-order chi connectivity index (χ0) is 35.7. The zero-order valence-electron chi connectivity index (χ0n) is 30.0. The molecule has 11 heteroatoms. The van der Waals surface area contributed by atoms with E-state index in [-0.39, 0.29) is 11.9 Å². The lowest BCUT2D eigenvalue weighted by Gasteiger charge is -2.33. The van der Waals surface area contributed by atoms with E-state index in [0.29, 0.717) is 23.3 Å². The van der Waals surface area contributed by atoms with Gasteiger partial charge in [-0.05, 0) is 104 Å². The number of alkyl carbamates (subject to hydrolysis) is 1. The minimum absolute atomic E-state index is 0.0442. The number of nitrogens with zero attached hydrogens (tertiary/aromatic N) is 3. The first kappa shape index (κ1) is 35.7. The first-order valence-electron chi connectivity index (χ1n) is 16.7. The van der Waals surface area contributed by atoms with Crippen LogP contribution in [0.25, 0.3) is 33.1 Å². The lowest BCUT2D eigenvalue weighted by atomic mass is 10.00. The van der Waals surface area contributed by atoms with Gasteiger partial charge in [0.05, 0.1) is 0 Å². The number of likely N-dealkylation sites (tertiary alicyclic amines) is 1. The van der Waals surface area contributed by atoms with Crippen molar-refractivity contribution in [2.45, 2.75) is 105 Å². The number of piperidine rings is 1. The van der Waals surface area contributed by atoms with Gasteiger partial charge in [-0.2, -0.15) is 4.90 Å². The summed E-state index contributed by atoms with van der Waals surface area (Å²) in [6.45, 7) is 18.2. The molecule has 0 unspecified atom stereocenters. The summed E-state index contributed by atoms with van der Waals surface area (Å²) in [6.07, 6.45) is 1.04. The van der Waals surface area contributed by atoms with Crippen molar-refractivity contribution in [3.63, 3.8) is 0 Å². The van der Waals surface area contributed by atoms with Gasteiger partial charge in [-0.15, -0.1) is 0 Å². The van der Waals surface area contributed by atoms with Gasteiger partial charge < -0.3 is 23.9 Å². The number of benzene rings is 2. The van der Waals surface area contributed by atoms with Crippen molar-refractivity contribution in [3.05, 3.63) is 60.3 Å². The smallest absolute Gasteiger partial charge is 0.425 e. The summed E-state index contributed by atoms with van der Waals surface area (Å²) < 4.78 is 23.0. The van der Waals surface area contributed by atoms with Crippen molar-refractivity contribution in [1.29, 1.82) is 0 Å². The number of imide groups is 1. The van der Waals surface area contributed by atoms with Gasteiger partial charge in [-0.3, -0.25) is 4.90 Å². The Bertz CT molecular complexity index is 1780. The van der Waals surface area contributed by atoms with Crippen LogP contribution in [0.3, 0.4) is 0 Å². The van der Waals surface area contributed by atoms with Crippen molar-refractivity contribution >= 4 is 45.8 Å². The highest BCUT2D eigenvalue weighted by molar-refractivity contribution is 6.15. The maximum absolute atomic E-state index is 13.6. The van der Waals surface area contributed by atoms with Crippen LogP contribution in [0.1, 0.15) is 80.7 Å². The van der Waals surface area contributed by atoms with Gasteiger partial charge >= 0.3 is 18.3 Å². The van der Waals surface area contributed by atoms with Crippen molar-refractivity contribution in [2.75, 3.05) is 18.0 Å². The Balaban J connectivity index is 1.50. The van der Waals surface area contributed by atoms with Crippen LogP contribution < -0.4 is 10.2 Å². The molecule has 0 radical (unpaired) electrons. The van der Waals surface area contributed by atoms with Crippen LogP contribution in [0.2, 0.25) is 0 Å². The summed E-state index contributed by atoms with van der Waals surface area (Å²) in [5, 5.41) is 5.25. The fourth-order valence-electron chi connectivity index (χ4n) is 5.69. The molecule has 0 saturated carbocycles. The predicted octanol–water partition coefficient (Wildman–Crippen LogP) is 8.81. The van der Waals surface area contributed by atoms with E-state index in [9.17, 15) is 14.4 Å². The number of pyridine rings is 1. The molecule has 3 amide bonds. The molecule has 5 rings (SSSR count). The van der Waals surface area contributed by atoms with E-state index < -0.39 is 35.1 Å². The van der Waals surface area contributed by atoms with E-state index in [1.54, 1.807) is 47.7 Å². The summed E-state index contributed by atoms with van der Waals surface area (Å²) in [5.74, 6) is 0.705. The number of ether oxygens (including phenoxy) is 3. The Kier molecular flexibility index (Phi) is 9.97. The Labute approximate surface area is 287 Å². The number of hydrogen-bond donors (Lipinski definition) is 1. The van der Waals surface area contributed by atoms with Gasteiger partial charge in [0.15, 0.2) is 5.82 Å². The molecule has 4 aromatic rings. The molecule has 1 saturated heterocycles. The topological polar surface area (TPSA) is 123 Å². The maximum Gasteiger partial charge on any atom is 0.425 e. The summed E-state index contributed by atoms with van der Waals surface area (Å²) >= 11 is 0. The molecule has 2 aromatic heterocycles. The molecule has 0 bridgehead atoms. The van der Waals surface area contributed by atoms with E-state index in [4.69, 9.17) is 18.6 Å².